The molecule has 6 heteroatoms. The molecule has 0 bridgehead atoms. The molecule has 114 valence electrons. The van der Waals surface area contributed by atoms with E-state index in [9.17, 15) is 14.7 Å². The Morgan fingerprint density at radius 2 is 2.05 bits per heavy atom. The van der Waals surface area contributed by atoms with Crippen LogP contribution in [0.3, 0.4) is 0 Å². The van der Waals surface area contributed by atoms with Gasteiger partial charge in [-0.2, -0.15) is 0 Å². The van der Waals surface area contributed by atoms with Gasteiger partial charge < -0.3 is 20.2 Å². The van der Waals surface area contributed by atoms with E-state index in [1.807, 2.05) is 0 Å². The van der Waals surface area contributed by atoms with Crippen LogP contribution in [0, 0.1) is 5.92 Å². The molecule has 20 heavy (non-hydrogen) atoms. The quantitative estimate of drug-likeness (QED) is 0.806. The molecule has 1 aliphatic heterocycles. The fourth-order valence-corrected chi connectivity index (χ4v) is 3.32. The highest BCUT2D eigenvalue weighted by molar-refractivity contribution is 5.86. The van der Waals surface area contributed by atoms with Gasteiger partial charge in [0, 0.05) is 20.1 Å². The second-order valence-corrected chi connectivity index (χ2v) is 6.32. The molecule has 0 spiro atoms. The van der Waals surface area contributed by atoms with Crippen LogP contribution in [0.15, 0.2) is 0 Å². The molecule has 1 unspecified atom stereocenters. The van der Waals surface area contributed by atoms with Crippen LogP contribution in [0.4, 0.5) is 4.79 Å². The number of amides is 2. The van der Waals surface area contributed by atoms with Crippen LogP contribution in [0.25, 0.3) is 0 Å². The SMILES string of the molecule is CN1CCC(CN(C)C(=O)NC2(C(=O)O)CCCC2)C1. The van der Waals surface area contributed by atoms with Crippen LogP contribution in [0.2, 0.25) is 0 Å². The number of carboxylic acids is 1. The summed E-state index contributed by atoms with van der Waals surface area (Å²) in [5.74, 6) is -0.419. The van der Waals surface area contributed by atoms with E-state index in [0.717, 1.165) is 32.4 Å². The lowest BCUT2D eigenvalue weighted by molar-refractivity contribution is -0.144. The Hall–Kier alpha value is -1.30. The fraction of sp³-hybridized carbons (Fsp3) is 0.857. The largest absolute Gasteiger partial charge is 0.480 e. The van der Waals surface area contributed by atoms with E-state index in [1.54, 1.807) is 11.9 Å². The highest BCUT2D eigenvalue weighted by Gasteiger charge is 2.43. The number of hydrogen-bond acceptors (Lipinski definition) is 3. The minimum Gasteiger partial charge on any atom is -0.480 e. The predicted molar refractivity (Wildman–Crippen MR) is 75.6 cm³/mol. The fourth-order valence-electron chi connectivity index (χ4n) is 3.32. The molecule has 1 saturated carbocycles. The highest BCUT2D eigenvalue weighted by atomic mass is 16.4. The average molecular weight is 283 g/mol. The van der Waals surface area contributed by atoms with Crippen molar-refractivity contribution >= 4 is 12.0 Å². The maximum Gasteiger partial charge on any atom is 0.329 e. The number of carbonyl (C=O) groups excluding carboxylic acids is 1. The second kappa shape index (κ2) is 5.99. The Kier molecular flexibility index (Phi) is 4.52. The van der Waals surface area contributed by atoms with Crippen molar-refractivity contribution in [3.8, 4) is 0 Å². The summed E-state index contributed by atoms with van der Waals surface area (Å²) in [7, 11) is 3.83. The smallest absolute Gasteiger partial charge is 0.329 e. The predicted octanol–water partition coefficient (Wildman–Crippen LogP) is 0.977. The van der Waals surface area contributed by atoms with Gasteiger partial charge in [-0.05, 0) is 38.8 Å². The number of urea groups is 1. The Morgan fingerprint density at radius 1 is 1.40 bits per heavy atom. The number of carbonyl (C=O) groups is 2. The van der Waals surface area contributed by atoms with Crippen LogP contribution >= 0.6 is 0 Å². The van der Waals surface area contributed by atoms with Gasteiger partial charge in [-0.3, -0.25) is 0 Å². The van der Waals surface area contributed by atoms with Gasteiger partial charge >= 0.3 is 12.0 Å². The van der Waals surface area contributed by atoms with Crippen molar-refractivity contribution in [2.75, 3.05) is 33.7 Å². The first-order chi connectivity index (χ1) is 9.43. The third-order valence-corrected chi connectivity index (χ3v) is 4.58. The van der Waals surface area contributed by atoms with Gasteiger partial charge in [-0.1, -0.05) is 12.8 Å². The number of rotatable bonds is 4. The minimum atomic E-state index is -1.04. The third kappa shape index (κ3) is 3.23. The number of aliphatic carboxylic acids is 1. The van der Waals surface area contributed by atoms with Gasteiger partial charge in [0.2, 0.25) is 0 Å². The van der Waals surface area contributed by atoms with Crippen molar-refractivity contribution in [3.05, 3.63) is 0 Å². The van der Waals surface area contributed by atoms with Crippen molar-refractivity contribution in [2.24, 2.45) is 5.92 Å². The molecule has 0 aromatic rings. The van der Waals surface area contributed by atoms with Gasteiger partial charge in [0.1, 0.15) is 5.54 Å². The summed E-state index contributed by atoms with van der Waals surface area (Å²) in [6.07, 6.45) is 3.90. The van der Waals surface area contributed by atoms with Gasteiger partial charge in [0.15, 0.2) is 0 Å². The Bertz CT molecular complexity index is 380. The van der Waals surface area contributed by atoms with Crippen molar-refractivity contribution in [2.45, 2.75) is 37.6 Å². The molecule has 0 aromatic heterocycles. The summed E-state index contributed by atoms with van der Waals surface area (Å²) in [4.78, 5) is 27.5. The molecule has 2 fully saturated rings. The Labute approximate surface area is 120 Å². The summed E-state index contributed by atoms with van der Waals surface area (Å²) in [5.41, 5.74) is -1.04. The Balaban J connectivity index is 1.88. The average Bonchev–Trinajstić information content (AvgIpc) is 2.99. The van der Waals surface area contributed by atoms with Gasteiger partial charge in [0.25, 0.3) is 0 Å². The van der Waals surface area contributed by atoms with Crippen LogP contribution in [0.1, 0.15) is 32.1 Å². The molecule has 1 saturated heterocycles. The van der Waals surface area contributed by atoms with E-state index < -0.39 is 11.5 Å². The van der Waals surface area contributed by atoms with E-state index in [0.29, 0.717) is 25.3 Å². The van der Waals surface area contributed by atoms with E-state index >= 15 is 0 Å². The van der Waals surface area contributed by atoms with Gasteiger partial charge in [-0.15, -0.1) is 0 Å². The second-order valence-electron chi connectivity index (χ2n) is 6.32. The van der Waals surface area contributed by atoms with Crippen molar-refractivity contribution in [1.29, 1.82) is 0 Å². The summed E-state index contributed by atoms with van der Waals surface area (Å²) >= 11 is 0. The molecule has 1 atom stereocenters. The number of hydrogen-bond donors (Lipinski definition) is 2. The Morgan fingerprint density at radius 3 is 2.55 bits per heavy atom. The van der Waals surface area contributed by atoms with Gasteiger partial charge in [0.05, 0.1) is 0 Å². The molecule has 2 rings (SSSR count). The summed E-state index contributed by atoms with van der Waals surface area (Å²) < 4.78 is 0. The lowest BCUT2D eigenvalue weighted by Crippen LogP contribution is -2.56. The molecule has 1 aliphatic carbocycles. The lowest BCUT2D eigenvalue weighted by Gasteiger charge is -2.29. The molecule has 2 N–H and O–H groups in total. The number of nitrogens with zero attached hydrogens (tertiary/aromatic N) is 2. The monoisotopic (exact) mass is 283 g/mol. The topological polar surface area (TPSA) is 72.9 Å². The molecular weight excluding hydrogens is 258 g/mol. The van der Waals surface area contributed by atoms with Gasteiger partial charge in [-0.25, -0.2) is 9.59 Å². The normalized spacial score (nSPS) is 25.6. The number of carboxylic acid groups (broad SMARTS) is 1. The lowest BCUT2D eigenvalue weighted by atomic mass is 9.98. The highest BCUT2D eigenvalue weighted by Crippen LogP contribution is 2.30. The molecule has 1 heterocycles. The van der Waals surface area contributed by atoms with Crippen LogP contribution in [0.5, 0.6) is 0 Å². The molecule has 2 aliphatic rings. The molecule has 6 nitrogen and oxygen atoms in total. The first-order valence-electron chi connectivity index (χ1n) is 7.38. The van der Waals surface area contributed by atoms with Crippen LogP contribution in [-0.2, 0) is 4.79 Å². The summed E-state index contributed by atoms with van der Waals surface area (Å²) in [5, 5.41) is 12.1. The van der Waals surface area contributed by atoms with E-state index in [1.165, 1.54) is 0 Å². The zero-order valence-electron chi connectivity index (χ0n) is 12.4. The maximum absolute atomic E-state index is 12.2. The van der Waals surface area contributed by atoms with E-state index in [4.69, 9.17) is 0 Å². The minimum absolute atomic E-state index is 0.260. The molecule has 0 radical (unpaired) electrons. The van der Waals surface area contributed by atoms with Crippen molar-refractivity contribution in [1.82, 2.24) is 15.1 Å². The van der Waals surface area contributed by atoms with Crippen LogP contribution in [-0.4, -0.2) is 66.2 Å². The molecular formula is C14H25N3O3. The van der Waals surface area contributed by atoms with E-state index in [-0.39, 0.29) is 6.03 Å². The summed E-state index contributed by atoms with van der Waals surface area (Å²) in [6.45, 7) is 2.76. The van der Waals surface area contributed by atoms with Crippen molar-refractivity contribution in [3.63, 3.8) is 0 Å². The van der Waals surface area contributed by atoms with Crippen molar-refractivity contribution < 1.29 is 14.7 Å². The zero-order chi connectivity index (χ0) is 14.8. The molecule has 0 aromatic carbocycles. The standard InChI is InChI=1S/C14H25N3O3/c1-16-8-5-11(9-16)10-17(2)13(20)15-14(12(18)19)6-3-4-7-14/h11H,3-10H2,1-2H3,(H,15,20)(H,18,19). The zero-order valence-corrected chi connectivity index (χ0v) is 12.4. The maximum atomic E-state index is 12.2. The summed E-state index contributed by atoms with van der Waals surface area (Å²) in [6, 6.07) is -0.260. The van der Waals surface area contributed by atoms with Crippen LogP contribution < -0.4 is 5.32 Å². The number of nitrogens with one attached hydrogen (secondary N) is 1. The third-order valence-electron chi connectivity index (χ3n) is 4.58. The molecule has 2 amide bonds. The first kappa shape index (κ1) is 15.1. The number of likely N-dealkylation sites (tertiary alicyclic amines) is 1. The van der Waals surface area contributed by atoms with E-state index in [2.05, 4.69) is 17.3 Å². The first-order valence-corrected chi connectivity index (χ1v) is 7.38.